The molecule has 104 valence electrons. The number of aromatic nitrogens is 5. The van der Waals surface area contributed by atoms with Crippen molar-refractivity contribution in [2.75, 3.05) is 5.73 Å². The largest absolute Gasteiger partial charge is 0.382 e. The van der Waals surface area contributed by atoms with Crippen molar-refractivity contribution in [1.29, 1.82) is 0 Å². The summed E-state index contributed by atoms with van der Waals surface area (Å²) >= 11 is 1.23. The van der Waals surface area contributed by atoms with E-state index in [0.29, 0.717) is 17.9 Å². The van der Waals surface area contributed by atoms with Gasteiger partial charge in [-0.2, -0.15) is 0 Å². The van der Waals surface area contributed by atoms with Crippen LogP contribution in [0.1, 0.15) is 12.1 Å². The minimum absolute atomic E-state index is 0.0876. The quantitative estimate of drug-likeness (QED) is 0.775. The van der Waals surface area contributed by atoms with Crippen LogP contribution in [0.3, 0.4) is 0 Å². The van der Waals surface area contributed by atoms with E-state index in [2.05, 4.69) is 15.0 Å². The van der Waals surface area contributed by atoms with Crippen molar-refractivity contribution in [2.45, 2.75) is 26.4 Å². The summed E-state index contributed by atoms with van der Waals surface area (Å²) in [4.78, 5) is 24.0. The van der Waals surface area contributed by atoms with Crippen LogP contribution < -0.4 is 10.6 Å². The van der Waals surface area contributed by atoms with Crippen LogP contribution in [-0.2, 0) is 13.1 Å². The molecule has 0 amide bonds. The summed E-state index contributed by atoms with van der Waals surface area (Å²) in [6.07, 6.45) is 3.97. The van der Waals surface area contributed by atoms with Gasteiger partial charge in [-0.1, -0.05) is 11.3 Å². The zero-order valence-corrected chi connectivity index (χ0v) is 11.8. The zero-order valence-electron chi connectivity index (χ0n) is 11.0. The van der Waals surface area contributed by atoms with Gasteiger partial charge in [-0.25, -0.2) is 15.0 Å². The van der Waals surface area contributed by atoms with Gasteiger partial charge in [-0.3, -0.25) is 4.79 Å². The highest BCUT2D eigenvalue weighted by Gasteiger charge is 2.08. The lowest BCUT2D eigenvalue weighted by molar-refractivity contribution is 0.557. The molecule has 20 heavy (non-hydrogen) atoms. The van der Waals surface area contributed by atoms with Crippen molar-refractivity contribution in [3.8, 4) is 0 Å². The van der Waals surface area contributed by atoms with Crippen molar-refractivity contribution in [1.82, 2.24) is 24.1 Å². The van der Waals surface area contributed by atoms with Gasteiger partial charge in [-0.15, -0.1) is 0 Å². The first kappa shape index (κ1) is 12.8. The third-order valence-corrected chi connectivity index (χ3v) is 4.07. The minimum Gasteiger partial charge on any atom is -0.382 e. The number of anilines is 1. The van der Waals surface area contributed by atoms with Crippen LogP contribution in [0.5, 0.6) is 0 Å². The van der Waals surface area contributed by atoms with Gasteiger partial charge >= 0.3 is 4.87 Å². The van der Waals surface area contributed by atoms with E-state index in [9.17, 15) is 4.79 Å². The molecule has 3 aromatic heterocycles. The molecule has 0 atom stereocenters. The number of fused-ring (bicyclic) bond motifs is 1. The summed E-state index contributed by atoms with van der Waals surface area (Å²) in [7, 11) is 0. The highest BCUT2D eigenvalue weighted by molar-refractivity contribution is 7.07. The Bertz CT molecular complexity index is 802. The van der Waals surface area contributed by atoms with E-state index in [1.807, 2.05) is 16.9 Å². The van der Waals surface area contributed by atoms with Crippen molar-refractivity contribution in [2.24, 2.45) is 0 Å². The van der Waals surface area contributed by atoms with Crippen molar-refractivity contribution in [3.05, 3.63) is 33.4 Å². The molecule has 3 aromatic rings. The summed E-state index contributed by atoms with van der Waals surface area (Å²) in [6, 6.07) is 0. The molecule has 0 saturated heterocycles. The maximum Gasteiger partial charge on any atom is 0.307 e. The van der Waals surface area contributed by atoms with Gasteiger partial charge in [0, 0.05) is 24.2 Å². The summed E-state index contributed by atoms with van der Waals surface area (Å²) in [5, 5.41) is 1.88. The predicted molar refractivity (Wildman–Crippen MR) is 77.7 cm³/mol. The summed E-state index contributed by atoms with van der Waals surface area (Å²) in [6.45, 7) is 3.36. The first-order valence-corrected chi connectivity index (χ1v) is 7.11. The Morgan fingerprint density at radius 1 is 1.30 bits per heavy atom. The average Bonchev–Trinajstić information content (AvgIpc) is 2.98. The number of aryl methyl sites for hydroxylation is 2. The van der Waals surface area contributed by atoms with Gasteiger partial charge in [0.25, 0.3) is 0 Å². The van der Waals surface area contributed by atoms with E-state index in [-0.39, 0.29) is 4.87 Å². The lowest BCUT2D eigenvalue weighted by Gasteiger charge is -2.06. The number of hydrogen-bond acceptors (Lipinski definition) is 6. The van der Waals surface area contributed by atoms with Crippen LogP contribution in [0.25, 0.3) is 11.2 Å². The molecular weight excluding hydrogens is 276 g/mol. The van der Waals surface area contributed by atoms with Crippen molar-refractivity contribution < 1.29 is 0 Å². The maximum absolute atomic E-state index is 11.6. The molecule has 2 N–H and O–H groups in total. The molecule has 0 aromatic carbocycles. The number of nitrogens with zero attached hydrogens (tertiary/aromatic N) is 5. The van der Waals surface area contributed by atoms with Crippen LogP contribution in [0.15, 0.2) is 22.8 Å². The zero-order chi connectivity index (χ0) is 14.1. The average molecular weight is 290 g/mol. The first-order valence-electron chi connectivity index (χ1n) is 6.23. The first-order chi connectivity index (χ1) is 9.66. The van der Waals surface area contributed by atoms with E-state index >= 15 is 0 Å². The van der Waals surface area contributed by atoms with E-state index in [1.54, 1.807) is 10.9 Å². The molecular formula is C12H14N6OS. The number of thiazole rings is 1. The van der Waals surface area contributed by atoms with Crippen molar-refractivity contribution in [3.63, 3.8) is 0 Å². The predicted octanol–water partition coefficient (Wildman–Crippen LogP) is 1.03. The number of nitrogens with two attached hydrogens (primary N) is 1. The molecule has 0 radical (unpaired) electrons. The normalized spacial score (nSPS) is 11.2. The monoisotopic (exact) mass is 290 g/mol. The number of imidazole rings is 1. The Kier molecular flexibility index (Phi) is 3.23. The Balaban J connectivity index is 1.75. The standard InChI is InChI=1S/C12H14N6OS/c1-8-5-20-12(19)18(8)4-2-3-17-7-16-9-10(13)14-6-15-11(9)17/h5-7H,2-4H2,1H3,(H2,13,14,15). The minimum atomic E-state index is 0.0876. The van der Waals surface area contributed by atoms with Gasteiger partial charge in [0.15, 0.2) is 11.5 Å². The molecule has 0 aliphatic heterocycles. The molecule has 3 rings (SSSR count). The van der Waals surface area contributed by atoms with E-state index in [0.717, 1.165) is 24.3 Å². The highest BCUT2D eigenvalue weighted by Crippen LogP contribution is 2.14. The fourth-order valence-corrected chi connectivity index (χ4v) is 2.90. The Morgan fingerprint density at radius 3 is 2.90 bits per heavy atom. The topological polar surface area (TPSA) is 91.6 Å². The van der Waals surface area contributed by atoms with Gasteiger partial charge < -0.3 is 14.9 Å². The summed E-state index contributed by atoms with van der Waals surface area (Å²) in [5.41, 5.74) is 8.10. The second-order valence-corrected chi connectivity index (χ2v) is 5.34. The second kappa shape index (κ2) is 5.04. The number of nitrogen functional groups attached to an aromatic ring is 1. The lowest BCUT2D eigenvalue weighted by atomic mass is 10.4. The van der Waals surface area contributed by atoms with Crippen LogP contribution in [0, 0.1) is 6.92 Å². The van der Waals surface area contributed by atoms with E-state index in [4.69, 9.17) is 5.73 Å². The van der Waals surface area contributed by atoms with Gasteiger partial charge in [-0.05, 0) is 13.3 Å². The van der Waals surface area contributed by atoms with Crippen LogP contribution in [-0.4, -0.2) is 24.1 Å². The summed E-state index contributed by atoms with van der Waals surface area (Å²) in [5.74, 6) is 0.388. The SMILES string of the molecule is Cc1csc(=O)n1CCCn1cnc2c(N)ncnc21. The Morgan fingerprint density at radius 2 is 2.15 bits per heavy atom. The highest BCUT2D eigenvalue weighted by atomic mass is 32.1. The third kappa shape index (κ3) is 2.18. The molecule has 3 heterocycles. The lowest BCUT2D eigenvalue weighted by Crippen LogP contribution is -2.15. The van der Waals surface area contributed by atoms with Gasteiger partial charge in [0.2, 0.25) is 0 Å². The van der Waals surface area contributed by atoms with E-state index in [1.165, 1.54) is 17.7 Å². The molecule has 8 heteroatoms. The van der Waals surface area contributed by atoms with Gasteiger partial charge in [0.1, 0.15) is 11.8 Å². The maximum atomic E-state index is 11.6. The molecule has 0 bridgehead atoms. The Labute approximate surface area is 118 Å². The summed E-state index contributed by atoms with van der Waals surface area (Å²) < 4.78 is 3.72. The van der Waals surface area contributed by atoms with Crippen LogP contribution >= 0.6 is 11.3 Å². The molecule has 0 fully saturated rings. The Hall–Kier alpha value is -2.22. The van der Waals surface area contributed by atoms with Gasteiger partial charge in [0.05, 0.1) is 6.33 Å². The van der Waals surface area contributed by atoms with Crippen LogP contribution in [0.4, 0.5) is 5.82 Å². The molecule has 0 aliphatic carbocycles. The molecule has 0 spiro atoms. The van der Waals surface area contributed by atoms with E-state index < -0.39 is 0 Å². The number of hydrogen-bond donors (Lipinski definition) is 1. The van der Waals surface area contributed by atoms with Crippen LogP contribution in [0.2, 0.25) is 0 Å². The molecule has 0 unspecified atom stereocenters. The molecule has 0 aliphatic rings. The number of rotatable bonds is 4. The van der Waals surface area contributed by atoms with Crippen molar-refractivity contribution >= 4 is 28.3 Å². The second-order valence-electron chi connectivity index (χ2n) is 4.52. The fraction of sp³-hybridized carbons (Fsp3) is 0.333. The molecule has 0 saturated carbocycles. The smallest absolute Gasteiger partial charge is 0.307 e. The third-order valence-electron chi connectivity index (χ3n) is 3.19. The fourth-order valence-electron chi connectivity index (χ4n) is 2.14. The molecule has 7 nitrogen and oxygen atoms in total.